The molecule has 0 radical (unpaired) electrons. The van der Waals surface area contributed by atoms with Gasteiger partial charge < -0.3 is 19.8 Å². The summed E-state index contributed by atoms with van der Waals surface area (Å²) in [5, 5.41) is 18.7. The number of aliphatic carboxylic acids is 1. The van der Waals surface area contributed by atoms with E-state index in [1.165, 1.54) is 11.0 Å². The summed E-state index contributed by atoms with van der Waals surface area (Å²) in [6.45, 7) is -1.38. The van der Waals surface area contributed by atoms with E-state index in [9.17, 15) is 27.9 Å². The Bertz CT molecular complexity index is 610. The number of hydrogen-bond donors (Lipinski definition) is 2. The van der Waals surface area contributed by atoms with E-state index in [2.05, 4.69) is 9.72 Å². The molecule has 0 bridgehead atoms. The first-order chi connectivity index (χ1) is 11.1. The maximum atomic E-state index is 12.2. The number of alkyl halides is 3. The summed E-state index contributed by atoms with van der Waals surface area (Å²) in [5.41, 5.74) is -1.71. The van der Waals surface area contributed by atoms with Crippen LogP contribution >= 0.6 is 0 Å². The van der Waals surface area contributed by atoms with Gasteiger partial charge in [0.05, 0.1) is 5.56 Å². The smallest absolute Gasteiger partial charge is 0.422 e. The first kappa shape index (κ1) is 18.0. The molecule has 1 amide bonds. The van der Waals surface area contributed by atoms with Gasteiger partial charge >= 0.3 is 12.1 Å². The number of pyridine rings is 1. The fourth-order valence-electron chi connectivity index (χ4n) is 2.22. The molecule has 24 heavy (non-hydrogen) atoms. The second-order valence-electron chi connectivity index (χ2n) is 5.42. The summed E-state index contributed by atoms with van der Waals surface area (Å²) < 4.78 is 40.6. The van der Waals surface area contributed by atoms with Gasteiger partial charge in [-0.3, -0.25) is 4.79 Å². The highest BCUT2D eigenvalue weighted by Gasteiger charge is 2.40. The minimum absolute atomic E-state index is 0.0496. The van der Waals surface area contributed by atoms with E-state index in [1.807, 2.05) is 0 Å². The number of ether oxygens (including phenoxy) is 1. The Morgan fingerprint density at radius 1 is 1.29 bits per heavy atom. The molecule has 1 aliphatic rings. The Morgan fingerprint density at radius 3 is 2.38 bits per heavy atom. The lowest BCUT2D eigenvalue weighted by Gasteiger charge is -2.35. The Hall–Kier alpha value is -2.36. The van der Waals surface area contributed by atoms with Crippen molar-refractivity contribution < 1.29 is 37.7 Å². The molecule has 132 valence electrons. The van der Waals surface area contributed by atoms with Gasteiger partial charge in [0.25, 0.3) is 5.91 Å². The molecule has 0 spiro atoms. The van der Waals surface area contributed by atoms with Gasteiger partial charge in [0.15, 0.2) is 12.2 Å². The third-order valence-electron chi connectivity index (χ3n) is 3.64. The van der Waals surface area contributed by atoms with E-state index in [4.69, 9.17) is 5.11 Å². The van der Waals surface area contributed by atoms with Crippen LogP contribution in [-0.2, 0) is 4.79 Å². The van der Waals surface area contributed by atoms with Gasteiger partial charge in [0.2, 0.25) is 5.88 Å². The lowest BCUT2D eigenvalue weighted by atomic mass is 9.91. The summed E-state index contributed by atoms with van der Waals surface area (Å²) in [5.74, 6) is -2.04. The summed E-state index contributed by atoms with van der Waals surface area (Å²) >= 11 is 0. The number of carbonyl (C=O) groups is 2. The van der Waals surface area contributed by atoms with Crippen LogP contribution in [-0.4, -0.2) is 63.4 Å². The van der Waals surface area contributed by atoms with Crippen LogP contribution in [0.25, 0.3) is 0 Å². The van der Waals surface area contributed by atoms with Gasteiger partial charge in [-0.05, 0) is 6.07 Å². The molecule has 1 aromatic heterocycles. The number of carbonyl (C=O) groups excluding carboxylic acids is 1. The van der Waals surface area contributed by atoms with Crippen LogP contribution in [0.5, 0.6) is 5.88 Å². The van der Waals surface area contributed by atoms with Crippen LogP contribution in [0.3, 0.4) is 0 Å². The van der Waals surface area contributed by atoms with Crippen molar-refractivity contribution in [1.82, 2.24) is 9.88 Å². The molecule has 0 saturated carbocycles. The molecule has 7 nitrogen and oxygen atoms in total. The highest BCUT2D eigenvalue weighted by molar-refractivity contribution is 5.94. The molecular weight excluding hydrogens is 333 g/mol. The van der Waals surface area contributed by atoms with Crippen LogP contribution in [0.4, 0.5) is 13.2 Å². The van der Waals surface area contributed by atoms with Crippen molar-refractivity contribution in [2.24, 2.45) is 0 Å². The molecule has 0 unspecified atom stereocenters. The lowest BCUT2D eigenvalue weighted by molar-refractivity contribution is -0.162. The third kappa shape index (κ3) is 4.34. The van der Waals surface area contributed by atoms with Gasteiger partial charge in [-0.2, -0.15) is 13.2 Å². The first-order valence-electron chi connectivity index (χ1n) is 7.01. The second kappa shape index (κ2) is 6.63. The standard InChI is InChI=1S/C14H15F3N2O5/c15-14(16,17)8-24-10-2-1-9(7-18-10)11(20)19-5-3-13(23,4-6-19)12(21)22/h1-2,7,23H,3-6,8H2,(H,21,22). The molecule has 1 fully saturated rings. The Balaban J connectivity index is 1.95. The summed E-state index contributed by atoms with van der Waals surface area (Å²) in [6.07, 6.45) is -3.60. The highest BCUT2D eigenvalue weighted by Crippen LogP contribution is 2.24. The Morgan fingerprint density at radius 2 is 1.92 bits per heavy atom. The topological polar surface area (TPSA) is 100.0 Å². The average molecular weight is 348 g/mol. The number of rotatable bonds is 4. The average Bonchev–Trinajstić information content (AvgIpc) is 2.53. The van der Waals surface area contributed by atoms with Gasteiger partial charge in [0, 0.05) is 38.2 Å². The van der Waals surface area contributed by atoms with Crippen LogP contribution in [0.1, 0.15) is 23.2 Å². The van der Waals surface area contributed by atoms with Crippen molar-refractivity contribution in [1.29, 1.82) is 0 Å². The summed E-state index contributed by atoms with van der Waals surface area (Å²) in [4.78, 5) is 28.2. The normalized spacial score (nSPS) is 17.4. The summed E-state index contributed by atoms with van der Waals surface area (Å²) in [7, 11) is 0. The fraction of sp³-hybridized carbons (Fsp3) is 0.500. The monoisotopic (exact) mass is 348 g/mol. The minimum atomic E-state index is -4.48. The number of carboxylic acids is 1. The highest BCUT2D eigenvalue weighted by atomic mass is 19.4. The zero-order valence-electron chi connectivity index (χ0n) is 12.4. The lowest BCUT2D eigenvalue weighted by Crippen LogP contribution is -2.50. The number of hydrogen-bond acceptors (Lipinski definition) is 5. The zero-order valence-corrected chi connectivity index (χ0v) is 12.4. The van der Waals surface area contributed by atoms with E-state index in [0.29, 0.717) is 0 Å². The van der Waals surface area contributed by atoms with E-state index in [-0.39, 0.29) is 37.4 Å². The molecule has 0 aromatic carbocycles. The van der Waals surface area contributed by atoms with Crippen LogP contribution in [0, 0.1) is 0 Å². The molecule has 2 rings (SSSR count). The molecule has 10 heteroatoms. The van der Waals surface area contributed by atoms with E-state index in [1.54, 1.807) is 0 Å². The molecule has 1 aromatic rings. The van der Waals surface area contributed by atoms with Crippen molar-refractivity contribution in [3.05, 3.63) is 23.9 Å². The summed E-state index contributed by atoms with van der Waals surface area (Å²) in [6, 6.07) is 2.43. The second-order valence-corrected chi connectivity index (χ2v) is 5.42. The van der Waals surface area contributed by atoms with Crippen LogP contribution < -0.4 is 4.74 Å². The van der Waals surface area contributed by atoms with E-state index in [0.717, 1.165) is 12.3 Å². The zero-order chi connectivity index (χ0) is 18.0. The van der Waals surface area contributed by atoms with Crippen LogP contribution in [0.15, 0.2) is 18.3 Å². The SMILES string of the molecule is O=C(c1ccc(OCC(F)(F)F)nc1)N1CCC(O)(C(=O)O)CC1. The Kier molecular flexibility index (Phi) is 4.97. The molecule has 1 aliphatic heterocycles. The number of piperidine rings is 1. The van der Waals surface area contributed by atoms with Gasteiger partial charge in [-0.15, -0.1) is 0 Å². The van der Waals surface area contributed by atoms with E-state index >= 15 is 0 Å². The molecule has 2 heterocycles. The van der Waals surface area contributed by atoms with Gasteiger partial charge in [0.1, 0.15) is 0 Å². The maximum absolute atomic E-state index is 12.2. The van der Waals surface area contributed by atoms with Crippen molar-refractivity contribution in [2.75, 3.05) is 19.7 Å². The molecule has 0 atom stereocenters. The van der Waals surface area contributed by atoms with Crippen LogP contribution in [0.2, 0.25) is 0 Å². The predicted octanol–water partition coefficient (Wildman–Crippen LogP) is 1.07. The first-order valence-corrected chi connectivity index (χ1v) is 7.01. The van der Waals surface area contributed by atoms with E-state index < -0.39 is 30.3 Å². The number of amides is 1. The number of halogens is 3. The molecule has 1 saturated heterocycles. The van der Waals surface area contributed by atoms with Crippen molar-refractivity contribution in [3.63, 3.8) is 0 Å². The van der Waals surface area contributed by atoms with Gasteiger partial charge in [-0.25, -0.2) is 9.78 Å². The molecule has 0 aliphatic carbocycles. The number of likely N-dealkylation sites (tertiary alicyclic amines) is 1. The number of carboxylic acid groups (broad SMARTS) is 1. The predicted molar refractivity (Wildman–Crippen MR) is 73.5 cm³/mol. The largest absolute Gasteiger partial charge is 0.479 e. The van der Waals surface area contributed by atoms with Crippen molar-refractivity contribution >= 4 is 11.9 Å². The number of aromatic nitrogens is 1. The quantitative estimate of drug-likeness (QED) is 0.844. The third-order valence-corrected chi connectivity index (χ3v) is 3.64. The minimum Gasteiger partial charge on any atom is -0.479 e. The maximum Gasteiger partial charge on any atom is 0.422 e. The fourth-order valence-corrected chi connectivity index (χ4v) is 2.22. The molecule has 2 N–H and O–H groups in total. The molecular formula is C14H15F3N2O5. The van der Waals surface area contributed by atoms with Crippen molar-refractivity contribution in [2.45, 2.75) is 24.6 Å². The number of aliphatic hydroxyl groups is 1. The van der Waals surface area contributed by atoms with Gasteiger partial charge in [-0.1, -0.05) is 0 Å². The van der Waals surface area contributed by atoms with Crippen molar-refractivity contribution in [3.8, 4) is 5.88 Å². The number of nitrogens with zero attached hydrogens (tertiary/aromatic N) is 2. The Labute approximate surface area is 134 Å².